The van der Waals surface area contributed by atoms with Crippen molar-refractivity contribution in [2.75, 3.05) is 11.9 Å². The molecule has 1 atom stereocenters. The van der Waals surface area contributed by atoms with E-state index in [0.717, 1.165) is 6.42 Å². The Labute approximate surface area is 120 Å². The maximum Gasteiger partial charge on any atom is 0.303 e. The molecular formula is C13H17BrN2O3. The molecular weight excluding hydrogens is 312 g/mol. The van der Waals surface area contributed by atoms with Gasteiger partial charge in [-0.1, -0.05) is 19.4 Å². The molecule has 104 valence electrons. The van der Waals surface area contributed by atoms with E-state index in [1.54, 1.807) is 18.2 Å². The number of carboxylic acid groups (broad SMARTS) is 1. The van der Waals surface area contributed by atoms with Crippen molar-refractivity contribution in [3.8, 4) is 0 Å². The van der Waals surface area contributed by atoms with Gasteiger partial charge in [-0.2, -0.15) is 0 Å². The first-order valence-corrected chi connectivity index (χ1v) is 6.79. The van der Waals surface area contributed by atoms with Crippen LogP contribution in [0.1, 0.15) is 30.1 Å². The molecule has 0 saturated carbocycles. The summed E-state index contributed by atoms with van der Waals surface area (Å²) in [4.78, 5) is 22.1. The zero-order valence-electron chi connectivity index (χ0n) is 10.6. The summed E-state index contributed by atoms with van der Waals surface area (Å²) in [5, 5.41) is 11.9. The van der Waals surface area contributed by atoms with Crippen LogP contribution in [0.25, 0.3) is 0 Å². The van der Waals surface area contributed by atoms with Gasteiger partial charge >= 0.3 is 5.97 Å². The highest BCUT2D eigenvalue weighted by atomic mass is 79.9. The lowest BCUT2D eigenvalue weighted by atomic mass is 10.0. The van der Waals surface area contributed by atoms with E-state index in [1.165, 1.54) is 0 Å². The van der Waals surface area contributed by atoms with Gasteiger partial charge in [0.1, 0.15) is 0 Å². The summed E-state index contributed by atoms with van der Waals surface area (Å²) in [7, 11) is 0. The molecule has 1 amide bonds. The molecule has 0 spiro atoms. The number of hydrogen-bond donors (Lipinski definition) is 3. The molecule has 0 aromatic heterocycles. The molecule has 1 aromatic rings. The summed E-state index contributed by atoms with van der Waals surface area (Å²) in [5.74, 6) is -1.34. The lowest BCUT2D eigenvalue weighted by Crippen LogP contribution is -2.20. The summed E-state index contributed by atoms with van der Waals surface area (Å²) in [6, 6.07) is 5.27. The Kier molecular flexibility index (Phi) is 5.82. The third kappa shape index (κ3) is 4.55. The number of benzene rings is 1. The van der Waals surface area contributed by atoms with Gasteiger partial charge in [0.2, 0.25) is 0 Å². The Balaban J connectivity index is 2.79. The van der Waals surface area contributed by atoms with E-state index >= 15 is 0 Å². The molecule has 4 N–H and O–H groups in total. The van der Waals surface area contributed by atoms with Crippen LogP contribution in [0.4, 0.5) is 5.69 Å². The maximum absolute atomic E-state index is 11.4. The first-order chi connectivity index (χ1) is 8.95. The number of aliphatic carboxylic acids is 1. The molecule has 1 aromatic carbocycles. The number of nitrogens with two attached hydrogens (primary N) is 1. The molecule has 1 rings (SSSR count). The van der Waals surface area contributed by atoms with Gasteiger partial charge in [0.15, 0.2) is 0 Å². The average molecular weight is 329 g/mol. The molecule has 0 radical (unpaired) electrons. The van der Waals surface area contributed by atoms with Crippen molar-refractivity contribution in [2.45, 2.75) is 19.8 Å². The normalized spacial score (nSPS) is 11.9. The highest BCUT2D eigenvalue weighted by molar-refractivity contribution is 9.10. The smallest absolute Gasteiger partial charge is 0.303 e. The number of carbonyl (C=O) groups is 2. The molecule has 0 bridgehead atoms. The summed E-state index contributed by atoms with van der Waals surface area (Å²) >= 11 is 3.28. The monoisotopic (exact) mass is 328 g/mol. The van der Waals surface area contributed by atoms with Gasteiger partial charge in [0.05, 0.1) is 5.56 Å². The minimum Gasteiger partial charge on any atom is -0.481 e. The van der Waals surface area contributed by atoms with Crippen LogP contribution in [0.5, 0.6) is 0 Å². The van der Waals surface area contributed by atoms with Crippen molar-refractivity contribution in [1.82, 2.24) is 0 Å². The second-order valence-corrected chi connectivity index (χ2v) is 5.13. The Bertz CT molecular complexity index is 477. The van der Waals surface area contributed by atoms with E-state index in [2.05, 4.69) is 21.2 Å². The lowest BCUT2D eigenvalue weighted by Gasteiger charge is -2.16. The average Bonchev–Trinajstić information content (AvgIpc) is 2.33. The third-order valence-corrected chi connectivity index (χ3v) is 3.54. The molecule has 0 heterocycles. The molecule has 6 heteroatoms. The molecule has 5 nitrogen and oxygen atoms in total. The largest absolute Gasteiger partial charge is 0.481 e. The summed E-state index contributed by atoms with van der Waals surface area (Å²) in [6.45, 7) is 2.42. The highest BCUT2D eigenvalue weighted by Gasteiger charge is 2.15. The van der Waals surface area contributed by atoms with Gasteiger partial charge in [0.25, 0.3) is 5.91 Å². The molecule has 0 aliphatic heterocycles. The summed E-state index contributed by atoms with van der Waals surface area (Å²) < 4.78 is 0.622. The van der Waals surface area contributed by atoms with Gasteiger partial charge in [-0.15, -0.1) is 0 Å². The van der Waals surface area contributed by atoms with Crippen LogP contribution in [0.2, 0.25) is 0 Å². The fraction of sp³-hybridized carbons (Fsp3) is 0.385. The van der Waals surface area contributed by atoms with Crippen LogP contribution in [0.3, 0.4) is 0 Å². The van der Waals surface area contributed by atoms with Crippen molar-refractivity contribution in [2.24, 2.45) is 11.7 Å². The Hall–Kier alpha value is -1.56. The molecule has 19 heavy (non-hydrogen) atoms. The number of anilines is 1. The fourth-order valence-corrected chi connectivity index (χ4v) is 2.35. The van der Waals surface area contributed by atoms with Crippen molar-refractivity contribution >= 4 is 33.5 Å². The van der Waals surface area contributed by atoms with E-state index in [-0.39, 0.29) is 12.3 Å². The van der Waals surface area contributed by atoms with Crippen molar-refractivity contribution in [3.63, 3.8) is 0 Å². The zero-order chi connectivity index (χ0) is 14.4. The Morgan fingerprint density at radius 2 is 2.16 bits per heavy atom. The number of halogens is 1. The Morgan fingerprint density at radius 1 is 1.47 bits per heavy atom. The van der Waals surface area contributed by atoms with Crippen LogP contribution >= 0.6 is 15.9 Å². The quantitative estimate of drug-likeness (QED) is 0.716. The van der Waals surface area contributed by atoms with Gasteiger partial charge < -0.3 is 16.2 Å². The number of primary amides is 1. The van der Waals surface area contributed by atoms with Gasteiger partial charge in [-0.25, -0.2) is 0 Å². The van der Waals surface area contributed by atoms with Crippen LogP contribution in [-0.4, -0.2) is 23.5 Å². The van der Waals surface area contributed by atoms with Gasteiger partial charge in [-0.3, -0.25) is 9.59 Å². The topological polar surface area (TPSA) is 92.4 Å². The number of rotatable bonds is 7. The van der Waals surface area contributed by atoms with Crippen LogP contribution in [0.15, 0.2) is 22.7 Å². The van der Waals surface area contributed by atoms with Gasteiger partial charge in [0, 0.05) is 23.1 Å². The number of nitrogens with one attached hydrogen (secondary N) is 1. The minimum atomic E-state index is -0.821. The van der Waals surface area contributed by atoms with Crippen molar-refractivity contribution < 1.29 is 14.7 Å². The Morgan fingerprint density at radius 3 is 2.68 bits per heavy atom. The second-order valence-electron chi connectivity index (χ2n) is 4.28. The second kappa shape index (κ2) is 7.13. The van der Waals surface area contributed by atoms with Gasteiger partial charge in [-0.05, 0) is 34.0 Å². The lowest BCUT2D eigenvalue weighted by molar-refractivity contribution is -0.138. The SMILES string of the molecule is CCC(CNc1cccc(Br)c1C(N)=O)CC(=O)O. The highest BCUT2D eigenvalue weighted by Crippen LogP contribution is 2.24. The van der Waals surface area contributed by atoms with Crippen LogP contribution in [0, 0.1) is 5.92 Å². The first-order valence-electron chi connectivity index (χ1n) is 5.99. The molecule has 1 unspecified atom stereocenters. The van der Waals surface area contributed by atoms with E-state index in [0.29, 0.717) is 22.3 Å². The number of hydrogen-bond acceptors (Lipinski definition) is 3. The van der Waals surface area contributed by atoms with Crippen LogP contribution in [-0.2, 0) is 4.79 Å². The van der Waals surface area contributed by atoms with Crippen LogP contribution < -0.4 is 11.1 Å². The predicted octanol–water partition coefficient (Wildman–Crippen LogP) is 2.46. The van der Waals surface area contributed by atoms with Crippen molar-refractivity contribution in [1.29, 1.82) is 0 Å². The minimum absolute atomic E-state index is 0.0113. The zero-order valence-corrected chi connectivity index (χ0v) is 12.2. The number of carbonyl (C=O) groups excluding carboxylic acids is 1. The predicted molar refractivity (Wildman–Crippen MR) is 77.2 cm³/mol. The number of amides is 1. The summed E-state index contributed by atoms with van der Waals surface area (Å²) in [6.07, 6.45) is 0.850. The van der Waals surface area contributed by atoms with Crippen molar-refractivity contribution in [3.05, 3.63) is 28.2 Å². The van der Waals surface area contributed by atoms with E-state index in [4.69, 9.17) is 10.8 Å². The fourth-order valence-electron chi connectivity index (χ4n) is 1.78. The molecule has 0 aliphatic carbocycles. The number of carboxylic acids is 1. The molecule has 0 saturated heterocycles. The third-order valence-electron chi connectivity index (χ3n) is 2.88. The maximum atomic E-state index is 11.4. The van der Waals surface area contributed by atoms with E-state index in [9.17, 15) is 9.59 Å². The standard InChI is InChI=1S/C13H17BrN2O3/c1-2-8(6-11(17)18)7-16-10-5-3-4-9(14)12(10)13(15)19/h3-5,8,16H,2,6-7H2,1H3,(H2,15,19)(H,17,18). The first kappa shape index (κ1) is 15.5. The van der Waals surface area contributed by atoms with E-state index < -0.39 is 11.9 Å². The van der Waals surface area contributed by atoms with E-state index in [1.807, 2.05) is 6.92 Å². The summed E-state index contributed by atoms with van der Waals surface area (Å²) in [5.41, 5.74) is 6.33. The molecule has 0 fully saturated rings. The molecule has 0 aliphatic rings.